The zero-order valence-electron chi connectivity index (χ0n) is 21.0. The Labute approximate surface area is 230 Å². The molecule has 1 spiro atoms. The predicted octanol–water partition coefficient (Wildman–Crippen LogP) is 10.2. The molecule has 0 atom stereocenters. The fraction of sp³-hybridized carbons (Fsp3) is 0.0270. The van der Waals surface area contributed by atoms with Crippen molar-refractivity contribution in [3.63, 3.8) is 0 Å². The van der Waals surface area contributed by atoms with Crippen LogP contribution in [-0.4, -0.2) is 0 Å². The Bertz CT molecular complexity index is 2070. The Balaban J connectivity index is 1.36. The van der Waals surface area contributed by atoms with Crippen LogP contribution in [-0.2, 0) is 5.41 Å². The van der Waals surface area contributed by atoms with E-state index in [1.807, 2.05) is 11.3 Å². The molecule has 0 bridgehead atoms. The smallest absolute Gasteiger partial charge is 0.132 e. The zero-order valence-corrected chi connectivity index (χ0v) is 21.8. The van der Waals surface area contributed by atoms with Gasteiger partial charge in [0.05, 0.1) is 5.41 Å². The van der Waals surface area contributed by atoms with Gasteiger partial charge in [-0.15, -0.1) is 11.3 Å². The van der Waals surface area contributed by atoms with Gasteiger partial charge in [0.1, 0.15) is 11.5 Å². The second-order valence-electron chi connectivity index (χ2n) is 10.4. The fourth-order valence-electron chi connectivity index (χ4n) is 7.04. The highest BCUT2D eigenvalue weighted by Crippen LogP contribution is 2.62. The summed E-state index contributed by atoms with van der Waals surface area (Å²) in [4.78, 5) is 0. The standard InChI is InChI=1S/C37H22OS/c1-4-14-28-25(10-1)26-11-2-5-15-29(26)37(28)30-16-6-7-17-32(30)38-33-22-23(20-21-31(33)37)24-13-9-19-35-36(24)27-12-3-8-18-34(27)39-35/h1-22H. The van der Waals surface area contributed by atoms with Crippen molar-refractivity contribution in [2.45, 2.75) is 5.41 Å². The zero-order chi connectivity index (χ0) is 25.6. The van der Waals surface area contributed by atoms with Crippen molar-refractivity contribution in [3.05, 3.63) is 156 Å². The van der Waals surface area contributed by atoms with Gasteiger partial charge < -0.3 is 4.74 Å². The molecule has 2 heteroatoms. The molecule has 1 nitrogen and oxygen atoms in total. The van der Waals surface area contributed by atoms with Crippen LogP contribution in [0.15, 0.2) is 133 Å². The van der Waals surface area contributed by atoms with Crippen LogP contribution in [0.25, 0.3) is 42.4 Å². The third-order valence-electron chi connectivity index (χ3n) is 8.56. The van der Waals surface area contributed by atoms with Crippen molar-refractivity contribution in [2.75, 3.05) is 0 Å². The average molecular weight is 515 g/mol. The topological polar surface area (TPSA) is 9.23 Å². The van der Waals surface area contributed by atoms with E-state index in [2.05, 4.69) is 133 Å². The van der Waals surface area contributed by atoms with Crippen molar-refractivity contribution >= 4 is 31.5 Å². The number of ether oxygens (including phenoxy) is 1. The quantitative estimate of drug-likeness (QED) is 0.212. The molecule has 0 saturated carbocycles. The Morgan fingerprint density at radius 3 is 1.90 bits per heavy atom. The van der Waals surface area contributed by atoms with E-state index >= 15 is 0 Å². The van der Waals surface area contributed by atoms with E-state index in [0.29, 0.717) is 0 Å². The Morgan fingerprint density at radius 1 is 0.462 bits per heavy atom. The minimum Gasteiger partial charge on any atom is -0.457 e. The highest BCUT2D eigenvalue weighted by molar-refractivity contribution is 7.25. The van der Waals surface area contributed by atoms with Crippen LogP contribution in [0.1, 0.15) is 22.3 Å². The number of thiophene rings is 1. The molecule has 2 heterocycles. The Kier molecular flexibility index (Phi) is 4.20. The Hall–Kier alpha value is -4.66. The van der Waals surface area contributed by atoms with E-state index in [-0.39, 0.29) is 0 Å². The molecule has 1 aliphatic carbocycles. The lowest BCUT2D eigenvalue weighted by atomic mass is 9.66. The first-order valence-electron chi connectivity index (χ1n) is 13.4. The SMILES string of the molecule is c1ccc2c(c1)Oc1cc(-c3cccc4sc5ccccc5c34)ccc1C21c2ccccc2-c2ccccc21. The number of rotatable bonds is 1. The van der Waals surface area contributed by atoms with E-state index in [1.165, 1.54) is 64.7 Å². The lowest BCUT2D eigenvalue weighted by Gasteiger charge is -2.39. The van der Waals surface area contributed by atoms with E-state index < -0.39 is 5.41 Å². The average Bonchev–Trinajstić information content (AvgIpc) is 3.52. The van der Waals surface area contributed by atoms with Crippen LogP contribution in [0.2, 0.25) is 0 Å². The first kappa shape index (κ1) is 21.3. The summed E-state index contributed by atoms with van der Waals surface area (Å²) in [5.41, 5.74) is 9.65. The maximum atomic E-state index is 6.74. The molecular weight excluding hydrogens is 492 g/mol. The van der Waals surface area contributed by atoms with E-state index in [4.69, 9.17) is 4.74 Å². The third kappa shape index (κ3) is 2.69. The summed E-state index contributed by atoms with van der Waals surface area (Å²) >= 11 is 1.86. The van der Waals surface area contributed by atoms with Crippen LogP contribution in [0.4, 0.5) is 0 Å². The van der Waals surface area contributed by atoms with Gasteiger partial charge in [-0.1, -0.05) is 109 Å². The second kappa shape index (κ2) is 7.69. The molecule has 2 aliphatic rings. The van der Waals surface area contributed by atoms with E-state index in [0.717, 1.165) is 11.5 Å². The summed E-state index contributed by atoms with van der Waals surface area (Å²) < 4.78 is 9.37. The molecule has 1 aliphatic heterocycles. The van der Waals surface area contributed by atoms with Gasteiger partial charge in [-0.2, -0.15) is 0 Å². The molecule has 0 N–H and O–H groups in total. The third-order valence-corrected chi connectivity index (χ3v) is 9.70. The number of benzene rings is 6. The highest BCUT2D eigenvalue weighted by atomic mass is 32.1. The molecule has 182 valence electrons. The molecule has 6 aromatic carbocycles. The van der Waals surface area contributed by atoms with Crippen LogP contribution in [0, 0.1) is 0 Å². The molecule has 0 fully saturated rings. The Morgan fingerprint density at radius 2 is 1.08 bits per heavy atom. The normalized spacial score (nSPS) is 14.1. The van der Waals surface area contributed by atoms with Crippen LogP contribution in [0.5, 0.6) is 11.5 Å². The van der Waals surface area contributed by atoms with Crippen molar-refractivity contribution < 1.29 is 4.74 Å². The lowest BCUT2D eigenvalue weighted by molar-refractivity contribution is 0.436. The number of para-hydroxylation sites is 1. The van der Waals surface area contributed by atoms with E-state index in [1.54, 1.807) is 0 Å². The van der Waals surface area contributed by atoms with E-state index in [9.17, 15) is 0 Å². The van der Waals surface area contributed by atoms with Gasteiger partial charge in [0.25, 0.3) is 0 Å². The maximum absolute atomic E-state index is 6.74. The number of hydrogen-bond acceptors (Lipinski definition) is 2. The molecular formula is C37H22OS. The number of fused-ring (bicyclic) bond motifs is 12. The van der Waals surface area contributed by atoms with Crippen LogP contribution in [0.3, 0.4) is 0 Å². The minimum atomic E-state index is -0.420. The summed E-state index contributed by atoms with van der Waals surface area (Å²) in [6, 6.07) is 48.6. The molecule has 0 amide bonds. The van der Waals surface area contributed by atoms with Crippen molar-refractivity contribution in [1.29, 1.82) is 0 Å². The van der Waals surface area contributed by atoms with Crippen LogP contribution >= 0.6 is 11.3 Å². The van der Waals surface area contributed by atoms with Gasteiger partial charge in [-0.3, -0.25) is 0 Å². The molecule has 0 saturated heterocycles. The van der Waals surface area contributed by atoms with Crippen molar-refractivity contribution in [2.24, 2.45) is 0 Å². The van der Waals surface area contributed by atoms with Crippen molar-refractivity contribution in [1.82, 2.24) is 0 Å². The van der Waals surface area contributed by atoms with Gasteiger partial charge in [-0.05, 0) is 57.6 Å². The second-order valence-corrected chi connectivity index (χ2v) is 11.5. The molecule has 0 unspecified atom stereocenters. The summed E-state index contributed by atoms with van der Waals surface area (Å²) in [6.07, 6.45) is 0. The van der Waals surface area contributed by atoms with Gasteiger partial charge >= 0.3 is 0 Å². The van der Waals surface area contributed by atoms with Crippen LogP contribution < -0.4 is 4.74 Å². The summed E-state index contributed by atoms with van der Waals surface area (Å²) in [6.45, 7) is 0. The van der Waals surface area contributed by atoms with Gasteiger partial charge in [0.2, 0.25) is 0 Å². The van der Waals surface area contributed by atoms with Gasteiger partial charge in [0, 0.05) is 31.3 Å². The summed E-state index contributed by atoms with van der Waals surface area (Å²) in [5, 5.41) is 2.63. The maximum Gasteiger partial charge on any atom is 0.132 e. The summed E-state index contributed by atoms with van der Waals surface area (Å²) in [5.74, 6) is 1.85. The predicted molar refractivity (Wildman–Crippen MR) is 162 cm³/mol. The van der Waals surface area contributed by atoms with Gasteiger partial charge in [0.15, 0.2) is 0 Å². The monoisotopic (exact) mass is 514 g/mol. The lowest BCUT2D eigenvalue weighted by Crippen LogP contribution is -2.32. The molecule has 7 aromatic rings. The molecule has 0 radical (unpaired) electrons. The minimum absolute atomic E-state index is 0.420. The largest absolute Gasteiger partial charge is 0.457 e. The van der Waals surface area contributed by atoms with Crippen molar-refractivity contribution in [3.8, 4) is 33.8 Å². The number of hydrogen-bond donors (Lipinski definition) is 0. The highest BCUT2D eigenvalue weighted by Gasteiger charge is 2.50. The first-order chi connectivity index (χ1) is 19.3. The fourth-order valence-corrected chi connectivity index (χ4v) is 8.18. The first-order valence-corrected chi connectivity index (χ1v) is 14.2. The molecule has 1 aromatic heterocycles. The summed E-state index contributed by atoms with van der Waals surface area (Å²) in [7, 11) is 0. The molecule has 9 rings (SSSR count). The molecule has 39 heavy (non-hydrogen) atoms. The van der Waals surface area contributed by atoms with Gasteiger partial charge in [-0.25, -0.2) is 0 Å².